The Labute approximate surface area is 813 Å². The number of non-ortho nitro benzene ring substituents is 5. The van der Waals surface area contributed by atoms with E-state index in [2.05, 4.69) is 64.5 Å². The maximum atomic E-state index is 12.1. The Bertz CT molecular complexity index is 5960. The standard InChI is InChI=1S/C32H32N6O8.C30H28N6O8.C18H22N4O4.C9H13N3O2.C9H8O3/c1-45-31(39)29-7-3-5-25(33-29)21-35(19-23-9-13-27(14-10-23)37(41)42)17-18-36(20-24-11-15-28(16-12-24)38(43)44)22-26-6-4-8-30(34-26)32(40)46-2;37-29(38)27-5-1-3-23(31-27)19-33(17-21-7-11-25(12-8-21)35(41)42)15-16-34(18-22-9-13-26(14-10-22)36(43)44)20-24-4-2-6-28(32-24)30(39)40;1-25-17(23)15-7-3-5-13(21-15)11-19-9-10-20-12-14-6-4-8-16(22-14)18(24)26-2;10-6-8(11)5-7-1-3-9(4-2-7)12(13)14;1-12-9(11)8-4-2-3-7(5-8)6-10/h3-16H,17-22H2,1-2H3;1-14H,15-20H2,(H,37,38)(H,39,40);3-8,19-20H,9-12H2,1-2H3;1-4,8H,5-6,10-11H2;2-6H,1H3/t;;;8-;/m...0./s1. The molecule has 0 aliphatic rings. The highest BCUT2D eigenvalue weighted by atomic mass is 16.6. The number of nitro benzene ring substituents is 5. The molecule has 8 N–H and O–H groups in total. The number of nitrogens with zero attached hydrogens (tertiary/aromatic N) is 15. The van der Waals surface area contributed by atoms with Crippen LogP contribution in [0.4, 0.5) is 28.4 Å². The SMILES string of the molecule is COC(=O)c1cccc(C=O)c1.COC(=O)c1cccc(CN(CCN(Cc2ccc([N+](=O)[O-])cc2)Cc2cccc(C(=O)OC)n2)Cc2ccc([N+](=O)[O-])cc2)n1.COC(=O)c1cccc(CNCCNCc2cccc(C(=O)OC)n2)n1.NC[C@@H](N)Cc1ccc([N+](=O)[O-])cc1.O=C(O)c1cccc(CN(CCN(Cc2ccc([N+](=O)[O-])cc2)Cc2cccc(C(=O)O)n2)Cc2ccc([N+](=O)[O-])cc2)n1. The van der Waals surface area contributed by atoms with Crippen LogP contribution in [0.25, 0.3) is 0 Å². The number of aromatic nitrogens is 6. The van der Waals surface area contributed by atoms with Gasteiger partial charge in [-0.25, -0.2) is 63.5 Å². The molecule has 0 aliphatic carbocycles. The number of carbonyl (C=O) groups is 8. The number of ether oxygens (including phenoxy) is 5. The first-order chi connectivity index (χ1) is 68.2. The Morgan fingerprint density at radius 3 is 0.824 bits per heavy atom. The second-order valence-electron chi connectivity index (χ2n) is 30.9. The number of nitrogens with two attached hydrogens (primary N) is 2. The normalized spacial score (nSPS) is 10.9. The third kappa shape index (κ3) is 37.7. The monoisotopic (exact) mass is 1950 g/mol. The number of carbonyl (C=O) groups excluding carboxylic acids is 6. The number of aldehydes is 1. The molecule has 44 heteroatoms. The Morgan fingerprint density at radius 2 is 0.577 bits per heavy atom. The van der Waals surface area contributed by atoms with E-state index < -0.39 is 66.4 Å². The van der Waals surface area contributed by atoms with Crippen LogP contribution in [0.5, 0.6) is 0 Å². The lowest BCUT2D eigenvalue weighted by Crippen LogP contribution is -2.34. The van der Waals surface area contributed by atoms with Gasteiger partial charge >= 0.3 is 41.8 Å². The molecule has 0 bridgehead atoms. The third-order valence-electron chi connectivity index (χ3n) is 20.6. The zero-order chi connectivity index (χ0) is 103. The Morgan fingerprint density at radius 1 is 0.338 bits per heavy atom. The van der Waals surface area contributed by atoms with Crippen molar-refractivity contribution in [1.82, 2.24) is 60.1 Å². The number of nitro groups is 5. The molecule has 740 valence electrons. The third-order valence-corrected chi connectivity index (χ3v) is 20.6. The molecule has 0 amide bonds. The number of nitrogens with one attached hydrogen (secondary N) is 2. The number of esters is 5. The fraction of sp³-hybridized carbons (Fsp3) is 0.245. The molecule has 44 nitrogen and oxygen atoms in total. The second-order valence-corrected chi connectivity index (χ2v) is 30.9. The number of pyridine rings is 6. The van der Waals surface area contributed by atoms with Gasteiger partial charge in [-0.15, -0.1) is 0 Å². The van der Waals surface area contributed by atoms with E-state index in [1.54, 1.807) is 164 Å². The van der Waals surface area contributed by atoms with Gasteiger partial charge in [0.25, 0.3) is 28.4 Å². The maximum Gasteiger partial charge on any atom is 0.356 e. The summed E-state index contributed by atoms with van der Waals surface area (Å²) in [5.41, 5.74) is 20.6. The molecule has 0 aliphatic heterocycles. The van der Waals surface area contributed by atoms with Gasteiger partial charge in [0.05, 0.1) is 99.9 Å². The molecular weight excluding hydrogens is 1840 g/mol. The zero-order valence-corrected chi connectivity index (χ0v) is 77.8. The van der Waals surface area contributed by atoms with Crippen LogP contribution < -0.4 is 22.1 Å². The van der Waals surface area contributed by atoms with Crippen molar-refractivity contribution < 1.29 is 96.9 Å². The lowest BCUT2D eigenvalue weighted by molar-refractivity contribution is -0.385. The quantitative estimate of drug-likeness (QED) is 0.00515. The van der Waals surface area contributed by atoms with E-state index in [4.69, 9.17) is 20.9 Å². The molecule has 0 spiro atoms. The van der Waals surface area contributed by atoms with Crippen molar-refractivity contribution in [2.45, 2.75) is 77.9 Å². The van der Waals surface area contributed by atoms with Gasteiger partial charge < -0.3 is 56.0 Å². The van der Waals surface area contributed by atoms with Crippen molar-refractivity contribution >= 4 is 76.5 Å². The van der Waals surface area contributed by atoms with Gasteiger partial charge in [-0.3, -0.25) is 75.0 Å². The number of hydrogen-bond donors (Lipinski definition) is 6. The van der Waals surface area contributed by atoms with E-state index in [0.717, 1.165) is 39.2 Å². The minimum absolute atomic E-state index is 0.0151. The molecule has 6 heterocycles. The molecule has 12 rings (SSSR count). The van der Waals surface area contributed by atoms with E-state index in [1.165, 1.54) is 114 Å². The number of methoxy groups -OCH3 is 5. The number of carboxylic acid groups (broad SMARTS) is 2. The van der Waals surface area contributed by atoms with E-state index >= 15 is 0 Å². The highest BCUT2D eigenvalue weighted by Gasteiger charge is 2.23. The molecule has 1 atom stereocenters. The minimum Gasteiger partial charge on any atom is -0.477 e. The highest BCUT2D eigenvalue weighted by molar-refractivity contribution is 5.92. The van der Waals surface area contributed by atoms with Crippen molar-refractivity contribution in [3.63, 3.8) is 0 Å². The van der Waals surface area contributed by atoms with Gasteiger partial charge in [0, 0.05) is 184 Å². The fourth-order valence-corrected chi connectivity index (χ4v) is 13.4. The molecule has 0 saturated heterocycles. The molecule has 6 aromatic carbocycles. The van der Waals surface area contributed by atoms with Crippen LogP contribution in [0.2, 0.25) is 0 Å². The summed E-state index contributed by atoms with van der Waals surface area (Å²) in [7, 11) is 6.53. The average molecular weight is 1950 g/mol. The summed E-state index contributed by atoms with van der Waals surface area (Å²) in [5.74, 6) is -4.75. The summed E-state index contributed by atoms with van der Waals surface area (Å²) in [6.45, 7) is 7.60. The van der Waals surface area contributed by atoms with Crippen LogP contribution in [-0.2, 0) is 95.6 Å². The largest absolute Gasteiger partial charge is 0.477 e. The Hall–Kier alpha value is -17.1. The Kier molecular flexibility index (Phi) is 44.8. The number of benzene rings is 6. The fourth-order valence-electron chi connectivity index (χ4n) is 13.4. The molecule has 142 heavy (non-hydrogen) atoms. The molecule has 0 unspecified atom stereocenters. The number of hydrogen-bond acceptors (Lipinski definition) is 37. The summed E-state index contributed by atoms with van der Waals surface area (Å²) in [5, 5.41) is 80.2. The minimum atomic E-state index is -1.15. The predicted molar refractivity (Wildman–Crippen MR) is 514 cm³/mol. The van der Waals surface area contributed by atoms with Gasteiger partial charge in [-0.2, -0.15) is 0 Å². The first kappa shape index (κ1) is 110. The molecule has 12 aromatic rings. The van der Waals surface area contributed by atoms with Crippen LogP contribution in [0.15, 0.2) is 255 Å². The molecule has 0 saturated carbocycles. The molecular formula is C98H103N19O25. The summed E-state index contributed by atoms with van der Waals surface area (Å²) >= 11 is 0. The van der Waals surface area contributed by atoms with Crippen LogP contribution in [0.1, 0.15) is 146 Å². The van der Waals surface area contributed by atoms with Crippen molar-refractivity contribution in [2.24, 2.45) is 11.5 Å². The first-order valence-corrected chi connectivity index (χ1v) is 43.4. The van der Waals surface area contributed by atoms with Crippen LogP contribution in [-0.4, -0.2) is 220 Å². The predicted octanol–water partition coefficient (Wildman–Crippen LogP) is 11.6. The van der Waals surface area contributed by atoms with Gasteiger partial charge in [0.15, 0.2) is 0 Å². The van der Waals surface area contributed by atoms with Gasteiger partial charge in [0.2, 0.25) is 0 Å². The van der Waals surface area contributed by atoms with Crippen LogP contribution >= 0.6 is 0 Å². The maximum absolute atomic E-state index is 12.1. The Balaban J connectivity index is 0.000000236. The van der Waals surface area contributed by atoms with Gasteiger partial charge in [-0.1, -0.05) is 109 Å². The van der Waals surface area contributed by atoms with E-state index in [9.17, 15) is 99.1 Å². The van der Waals surface area contributed by atoms with Crippen molar-refractivity contribution in [3.05, 3.63) is 413 Å². The van der Waals surface area contributed by atoms with E-state index in [-0.39, 0.29) is 70.3 Å². The topological polar surface area (TPSA) is 605 Å². The molecule has 6 aromatic heterocycles. The van der Waals surface area contributed by atoms with Crippen molar-refractivity contribution in [1.29, 1.82) is 0 Å². The van der Waals surface area contributed by atoms with Crippen LogP contribution in [0, 0.1) is 50.6 Å². The van der Waals surface area contributed by atoms with Gasteiger partial charge in [0.1, 0.15) is 40.4 Å². The lowest BCUT2D eigenvalue weighted by Gasteiger charge is -2.28. The van der Waals surface area contributed by atoms with E-state index in [0.29, 0.717) is 156 Å². The highest BCUT2D eigenvalue weighted by Crippen LogP contribution is 2.24. The molecule has 0 fully saturated rings. The summed E-state index contributed by atoms with van der Waals surface area (Å²) in [6, 6.07) is 67.5. The lowest BCUT2D eigenvalue weighted by atomic mass is 10.1. The van der Waals surface area contributed by atoms with Crippen molar-refractivity contribution in [3.8, 4) is 0 Å². The summed E-state index contributed by atoms with van der Waals surface area (Å²) in [4.78, 5) is 178. The number of aromatic carboxylic acids is 2. The number of rotatable bonds is 45. The first-order valence-electron chi connectivity index (χ1n) is 43.4. The van der Waals surface area contributed by atoms with Crippen LogP contribution in [0.3, 0.4) is 0 Å². The van der Waals surface area contributed by atoms with Gasteiger partial charge in [-0.05, 0) is 119 Å². The number of carboxylic acids is 2. The average Bonchev–Trinajstić information content (AvgIpc) is 0.855. The van der Waals surface area contributed by atoms with E-state index in [1.807, 2.05) is 21.9 Å². The zero-order valence-electron chi connectivity index (χ0n) is 77.8. The summed E-state index contributed by atoms with van der Waals surface area (Å²) < 4.78 is 23.4. The smallest absolute Gasteiger partial charge is 0.356 e. The summed E-state index contributed by atoms with van der Waals surface area (Å²) in [6.07, 6.45) is 1.33. The second kappa shape index (κ2) is 57.8. The molecule has 0 radical (unpaired) electrons. The van der Waals surface area contributed by atoms with Crippen molar-refractivity contribution in [2.75, 3.05) is 81.4 Å².